The SMILES string of the molecule is CCOC(=O)C1=C(N)n2c(sc(=Cc3cccs3)c2=O)=C(C(=O)OCC)C1c1cccs1. The molecule has 3 aromatic rings. The third-order valence-electron chi connectivity index (χ3n) is 4.78. The Kier molecular flexibility index (Phi) is 6.45. The molecule has 7 nitrogen and oxygen atoms in total. The highest BCUT2D eigenvalue weighted by molar-refractivity contribution is 7.11. The summed E-state index contributed by atoms with van der Waals surface area (Å²) in [6.07, 6.45) is 1.75. The van der Waals surface area contributed by atoms with Crippen LogP contribution in [0.5, 0.6) is 0 Å². The summed E-state index contributed by atoms with van der Waals surface area (Å²) < 4.78 is 12.6. The van der Waals surface area contributed by atoms with Crippen LogP contribution >= 0.6 is 34.0 Å². The number of thiazole rings is 1. The third-order valence-corrected chi connectivity index (χ3v) is 7.65. The molecule has 0 bridgehead atoms. The molecular weight excluding hydrogens is 468 g/mol. The predicted octanol–water partition coefficient (Wildman–Crippen LogP) is 2.06. The maximum absolute atomic E-state index is 13.3. The molecule has 0 fully saturated rings. The lowest BCUT2D eigenvalue weighted by molar-refractivity contribution is -0.138. The van der Waals surface area contributed by atoms with Gasteiger partial charge in [0.05, 0.1) is 34.8 Å². The first-order chi connectivity index (χ1) is 15.5. The van der Waals surface area contributed by atoms with Crippen molar-refractivity contribution in [3.05, 3.63) is 69.9 Å². The van der Waals surface area contributed by atoms with Gasteiger partial charge in [-0.1, -0.05) is 12.1 Å². The summed E-state index contributed by atoms with van der Waals surface area (Å²) >= 11 is 4.03. The third kappa shape index (κ3) is 3.85. The van der Waals surface area contributed by atoms with E-state index in [0.29, 0.717) is 9.20 Å². The van der Waals surface area contributed by atoms with E-state index in [1.165, 1.54) is 27.2 Å². The summed E-state index contributed by atoms with van der Waals surface area (Å²) in [5, 5.41) is 3.76. The van der Waals surface area contributed by atoms with Gasteiger partial charge in [-0.3, -0.25) is 9.36 Å². The number of nitrogens with two attached hydrogens (primary N) is 1. The van der Waals surface area contributed by atoms with Crippen LogP contribution in [0.4, 0.5) is 0 Å². The first-order valence-corrected chi connectivity index (χ1v) is 12.4. The number of fused-ring (bicyclic) bond motifs is 1. The van der Waals surface area contributed by atoms with Crippen LogP contribution in [0.2, 0.25) is 0 Å². The smallest absolute Gasteiger partial charge is 0.338 e. The molecule has 4 heterocycles. The van der Waals surface area contributed by atoms with Gasteiger partial charge in [-0.05, 0) is 42.8 Å². The summed E-state index contributed by atoms with van der Waals surface area (Å²) in [5.74, 6) is -2.09. The van der Waals surface area contributed by atoms with E-state index >= 15 is 0 Å². The van der Waals surface area contributed by atoms with Gasteiger partial charge >= 0.3 is 11.9 Å². The van der Waals surface area contributed by atoms with Gasteiger partial charge in [0.1, 0.15) is 10.5 Å². The molecule has 0 amide bonds. The van der Waals surface area contributed by atoms with Gasteiger partial charge in [0.2, 0.25) is 0 Å². The number of hydrogen-bond donors (Lipinski definition) is 1. The lowest BCUT2D eigenvalue weighted by Gasteiger charge is -2.25. The van der Waals surface area contributed by atoms with Crippen molar-refractivity contribution < 1.29 is 19.1 Å². The second-order valence-corrected chi connectivity index (χ2v) is 9.66. The van der Waals surface area contributed by atoms with Crippen molar-refractivity contribution >= 4 is 63.4 Å². The monoisotopic (exact) mass is 488 g/mol. The summed E-state index contributed by atoms with van der Waals surface area (Å²) in [5.41, 5.74) is 6.29. The molecule has 0 spiro atoms. The summed E-state index contributed by atoms with van der Waals surface area (Å²) in [6, 6.07) is 7.42. The number of hydrogen-bond acceptors (Lipinski definition) is 9. The Labute approximate surface area is 195 Å². The lowest BCUT2D eigenvalue weighted by Crippen LogP contribution is -2.41. The van der Waals surface area contributed by atoms with Crippen LogP contribution in [0, 0.1) is 0 Å². The largest absolute Gasteiger partial charge is 0.463 e. The number of esters is 2. The Bertz CT molecular complexity index is 1360. The summed E-state index contributed by atoms with van der Waals surface area (Å²) in [4.78, 5) is 41.1. The normalized spacial score (nSPS) is 16.2. The van der Waals surface area contributed by atoms with Crippen molar-refractivity contribution in [2.24, 2.45) is 5.73 Å². The molecule has 166 valence electrons. The van der Waals surface area contributed by atoms with Crippen molar-refractivity contribution in [3.8, 4) is 0 Å². The molecule has 0 aliphatic carbocycles. The fourth-order valence-corrected chi connectivity index (χ4v) is 6.24. The van der Waals surface area contributed by atoms with E-state index in [-0.39, 0.29) is 30.2 Å². The highest BCUT2D eigenvalue weighted by atomic mass is 32.1. The first kappa shape index (κ1) is 22.3. The number of nitrogens with zero attached hydrogens (tertiary/aromatic N) is 1. The van der Waals surface area contributed by atoms with Gasteiger partial charge in [0, 0.05) is 9.75 Å². The Morgan fingerprint density at radius 1 is 1.06 bits per heavy atom. The van der Waals surface area contributed by atoms with Crippen molar-refractivity contribution in [2.75, 3.05) is 13.2 Å². The molecule has 10 heteroatoms. The molecule has 1 aliphatic heterocycles. The zero-order valence-corrected chi connectivity index (χ0v) is 19.8. The number of ether oxygens (including phenoxy) is 2. The quantitative estimate of drug-likeness (QED) is 0.533. The van der Waals surface area contributed by atoms with Crippen LogP contribution < -0.4 is 20.5 Å². The van der Waals surface area contributed by atoms with Gasteiger partial charge in [-0.25, -0.2) is 9.59 Å². The van der Waals surface area contributed by atoms with Crippen molar-refractivity contribution in [1.82, 2.24) is 4.57 Å². The predicted molar refractivity (Wildman–Crippen MR) is 127 cm³/mol. The fourth-order valence-electron chi connectivity index (χ4n) is 3.51. The van der Waals surface area contributed by atoms with Gasteiger partial charge in [0.15, 0.2) is 0 Å². The topological polar surface area (TPSA) is 101 Å². The Balaban J connectivity index is 2.11. The van der Waals surface area contributed by atoms with E-state index in [1.54, 1.807) is 19.9 Å². The van der Waals surface area contributed by atoms with Crippen LogP contribution in [-0.2, 0) is 19.1 Å². The zero-order chi connectivity index (χ0) is 22.8. The van der Waals surface area contributed by atoms with E-state index in [0.717, 1.165) is 21.1 Å². The van der Waals surface area contributed by atoms with Crippen LogP contribution in [0.1, 0.15) is 29.5 Å². The van der Waals surface area contributed by atoms with E-state index in [1.807, 2.05) is 35.0 Å². The number of rotatable bonds is 6. The second-order valence-electron chi connectivity index (χ2n) is 6.67. The Morgan fingerprint density at radius 3 is 2.31 bits per heavy atom. The van der Waals surface area contributed by atoms with Crippen LogP contribution in [0.25, 0.3) is 17.5 Å². The number of carbonyl (C=O) groups excluding carboxylic acids is 2. The van der Waals surface area contributed by atoms with Crippen LogP contribution in [0.3, 0.4) is 0 Å². The molecule has 1 unspecified atom stereocenters. The molecule has 4 rings (SSSR count). The molecule has 32 heavy (non-hydrogen) atoms. The van der Waals surface area contributed by atoms with E-state index in [9.17, 15) is 14.4 Å². The van der Waals surface area contributed by atoms with Gasteiger partial charge in [0.25, 0.3) is 5.56 Å². The molecule has 2 N–H and O–H groups in total. The second kappa shape index (κ2) is 9.27. The van der Waals surface area contributed by atoms with Gasteiger partial charge in [-0.15, -0.1) is 34.0 Å². The average molecular weight is 489 g/mol. The average Bonchev–Trinajstić information content (AvgIpc) is 3.51. The number of carbonyl (C=O) groups is 2. The van der Waals surface area contributed by atoms with Crippen LogP contribution in [0.15, 0.2) is 45.4 Å². The van der Waals surface area contributed by atoms with E-state index in [4.69, 9.17) is 15.2 Å². The lowest BCUT2D eigenvalue weighted by atomic mass is 9.87. The fraction of sp³-hybridized carbons (Fsp3) is 0.227. The maximum atomic E-state index is 13.3. The molecule has 0 aromatic carbocycles. The van der Waals surface area contributed by atoms with E-state index in [2.05, 4.69) is 0 Å². The van der Waals surface area contributed by atoms with Gasteiger partial charge < -0.3 is 15.2 Å². The zero-order valence-electron chi connectivity index (χ0n) is 17.3. The molecule has 0 saturated carbocycles. The summed E-state index contributed by atoms with van der Waals surface area (Å²) in [7, 11) is 0. The number of aromatic nitrogens is 1. The minimum Gasteiger partial charge on any atom is -0.463 e. The minimum absolute atomic E-state index is 0.0306. The van der Waals surface area contributed by atoms with Crippen molar-refractivity contribution in [3.63, 3.8) is 0 Å². The minimum atomic E-state index is -0.791. The highest BCUT2D eigenvalue weighted by Crippen LogP contribution is 2.39. The molecule has 3 aromatic heterocycles. The summed E-state index contributed by atoms with van der Waals surface area (Å²) in [6.45, 7) is 3.67. The highest BCUT2D eigenvalue weighted by Gasteiger charge is 2.40. The maximum Gasteiger partial charge on any atom is 0.338 e. The Morgan fingerprint density at radius 2 is 1.72 bits per heavy atom. The first-order valence-electron chi connectivity index (χ1n) is 9.86. The molecular formula is C22H20N2O5S3. The molecule has 1 atom stereocenters. The number of thiophene rings is 2. The molecule has 0 radical (unpaired) electrons. The molecule has 0 saturated heterocycles. The van der Waals surface area contributed by atoms with E-state index < -0.39 is 23.4 Å². The Hall–Kier alpha value is -2.95. The van der Waals surface area contributed by atoms with Crippen molar-refractivity contribution in [2.45, 2.75) is 19.8 Å². The van der Waals surface area contributed by atoms with Crippen molar-refractivity contribution in [1.29, 1.82) is 0 Å². The standard InChI is InChI=1S/C22H20N2O5S3/c1-3-28-21(26)16-15(13-8-6-10-31-13)17(22(27)29-4-2)20-24(18(16)23)19(25)14(32-20)11-12-7-5-9-30-12/h5-11,15H,3-4,23H2,1-2H3. The van der Waals surface area contributed by atoms with Crippen LogP contribution in [-0.4, -0.2) is 29.7 Å². The molecule has 1 aliphatic rings. The van der Waals surface area contributed by atoms with Gasteiger partial charge in [-0.2, -0.15) is 0 Å².